The molecule has 0 amide bonds. The third kappa shape index (κ3) is 1.87. The molecule has 3 rings (SSSR count). The van der Waals surface area contributed by atoms with E-state index in [-0.39, 0.29) is 0 Å². The van der Waals surface area contributed by atoms with Gasteiger partial charge in [0.15, 0.2) is 5.58 Å². The lowest BCUT2D eigenvalue weighted by Crippen LogP contribution is -1.96. The van der Waals surface area contributed by atoms with Crippen molar-refractivity contribution in [3.63, 3.8) is 0 Å². The maximum Gasteiger partial charge on any atom is 0.246 e. The Morgan fingerprint density at radius 1 is 1.22 bits per heavy atom. The van der Waals surface area contributed by atoms with E-state index in [1.54, 1.807) is 6.20 Å². The molecule has 2 N–H and O–H groups in total. The Kier molecular flexibility index (Phi) is 2.57. The fraction of sp³-hybridized carbons (Fsp3) is 0.143. The number of hydrogen-bond donors (Lipinski definition) is 1. The summed E-state index contributed by atoms with van der Waals surface area (Å²) in [5, 5.41) is 0. The summed E-state index contributed by atoms with van der Waals surface area (Å²) in [6.07, 6.45) is 1.75. The van der Waals surface area contributed by atoms with Crippen LogP contribution in [0.3, 0.4) is 0 Å². The van der Waals surface area contributed by atoms with Crippen molar-refractivity contribution in [2.45, 2.75) is 13.5 Å². The van der Waals surface area contributed by atoms with E-state index in [1.807, 2.05) is 37.3 Å². The van der Waals surface area contributed by atoms with Crippen LogP contribution in [-0.4, -0.2) is 9.97 Å². The monoisotopic (exact) mass is 239 g/mol. The summed E-state index contributed by atoms with van der Waals surface area (Å²) < 4.78 is 5.68. The Labute approximate surface area is 104 Å². The van der Waals surface area contributed by atoms with Crippen LogP contribution in [0.2, 0.25) is 0 Å². The number of pyridine rings is 1. The summed E-state index contributed by atoms with van der Waals surface area (Å²) in [4.78, 5) is 8.74. The molecule has 0 aliphatic rings. The maximum absolute atomic E-state index is 5.68. The lowest BCUT2D eigenvalue weighted by Gasteiger charge is -1.96. The van der Waals surface area contributed by atoms with Crippen molar-refractivity contribution >= 4 is 11.1 Å². The lowest BCUT2D eigenvalue weighted by atomic mass is 10.2. The number of aryl methyl sites for hydroxylation is 1. The standard InChI is InChI=1S/C14H13N3O/c1-9-2-5-13-12(6-9)17-14(18-13)11-4-3-10(7-15)8-16-11/h2-6,8H,7,15H2,1H3. The van der Waals surface area contributed by atoms with Crippen LogP contribution < -0.4 is 5.73 Å². The highest BCUT2D eigenvalue weighted by Crippen LogP contribution is 2.23. The molecule has 2 aromatic heterocycles. The quantitative estimate of drug-likeness (QED) is 0.746. The van der Waals surface area contributed by atoms with Crippen molar-refractivity contribution in [3.05, 3.63) is 47.7 Å². The molecule has 0 atom stereocenters. The van der Waals surface area contributed by atoms with Gasteiger partial charge in [-0.05, 0) is 36.2 Å². The van der Waals surface area contributed by atoms with Crippen molar-refractivity contribution < 1.29 is 4.42 Å². The fourth-order valence-corrected chi connectivity index (χ4v) is 1.82. The Hall–Kier alpha value is -2.20. The van der Waals surface area contributed by atoms with E-state index >= 15 is 0 Å². The summed E-state index contributed by atoms with van der Waals surface area (Å²) in [7, 11) is 0. The molecule has 0 spiro atoms. The van der Waals surface area contributed by atoms with Gasteiger partial charge in [0.05, 0.1) is 0 Å². The van der Waals surface area contributed by atoms with Gasteiger partial charge in [-0.2, -0.15) is 0 Å². The van der Waals surface area contributed by atoms with Gasteiger partial charge in [0, 0.05) is 12.7 Å². The number of nitrogens with zero attached hydrogens (tertiary/aromatic N) is 2. The number of aromatic nitrogens is 2. The molecule has 1 aromatic carbocycles. The average Bonchev–Trinajstić information content (AvgIpc) is 2.81. The molecule has 0 bridgehead atoms. The molecule has 4 nitrogen and oxygen atoms in total. The highest BCUT2D eigenvalue weighted by Gasteiger charge is 2.09. The minimum Gasteiger partial charge on any atom is -0.435 e. The Morgan fingerprint density at radius 3 is 2.83 bits per heavy atom. The zero-order valence-corrected chi connectivity index (χ0v) is 10.1. The number of fused-ring (bicyclic) bond motifs is 1. The van der Waals surface area contributed by atoms with Crippen LogP contribution in [0.1, 0.15) is 11.1 Å². The zero-order chi connectivity index (χ0) is 12.5. The largest absolute Gasteiger partial charge is 0.435 e. The van der Waals surface area contributed by atoms with Gasteiger partial charge in [-0.1, -0.05) is 12.1 Å². The molecule has 4 heteroatoms. The molecule has 0 saturated heterocycles. The topological polar surface area (TPSA) is 64.9 Å². The van der Waals surface area contributed by atoms with Crippen molar-refractivity contribution in [3.8, 4) is 11.6 Å². The van der Waals surface area contributed by atoms with Crippen molar-refractivity contribution in [1.82, 2.24) is 9.97 Å². The van der Waals surface area contributed by atoms with Crippen LogP contribution in [0.5, 0.6) is 0 Å². The van der Waals surface area contributed by atoms with Crippen LogP contribution in [0.25, 0.3) is 22.7 Å². The van der Waals surface area contributed by atoms with E-state index in [1.165, 1.54) is 0 Å². The van der Waals surface area contributed by atoms with E-state index < -0.39 is 0 Å². The molecule has 0 unspecified atom stereocenters. The summed E-state index contributed by atoms with van der Waals surface area (Å²) in [5.41, 5.74) is 10.0. The second kappa shape index (κ2) is 4.23. The van der Waals surface area contributed by atoms with Crippen molar-refractivity contribution in [1.29, 1.82) is 0 Å². The average molecular weight is 239 g/mol. The molecule has 0 saturated carbocycles. The van der Waals surface area contributed by atoms with E-state index in [9.17, 15) is 0 Å². The van der Waals surface area contributed by atoms with Crippen molar-refractivity contribution in [2.75, 3.05) is 0 Å². The van der Waals surface area contributed by atoms with Gasteiger partial charge in [0.2, 0.25) is 5.89 Å². The molecule has 18 heavy (non-hydrogen) atoms. The third-order valence-corrected chi connectivity index (χ3v) is 2.82. The maximum atomic E-state index is 5.68. The first-order chi connectivity index (χ1) is 8.76. The summed E-state index contributed by atoms with van der Waals surface area (Å²) in [6.45, 7) is 2.52. The first kappa shape index (κ1) is 10.9. The number of nitrogens with two attached hydrogens (primary N) is 1. The summed E-state index contributed by atoms with van der Waals surface area (Å²) >= 11 is 0. The number of hydrogen-bond acceptors (Lipinski definition) is 4. The van der Waals surface area contributed by atoms with Crippen LogP contribution in [0.15, 0.2) is 40.9 Å². The van der Waals surface area contributed by atoms with E-state index in [0.29, 0.717) is 12.4 Å². The molecular formula is C14H13N3O. The first-order valence-corrected chi connectivity index (χ1v) is 5.79. The highest BCUT2D eigenvalue weighted by atomic mass is 16.3. The van der Waals surface area contributed by atoms with Crippen molar-refractivity contribution in [2.24, 2.45) is 5.73 Å². The van der Waals surface area contributed by atoms with Gasteiger partial charge in [-0.25, -0.2) is 4.98 Å². The van der Waals surface area contributed by atoms with Crippen LogP contribution in [-0.2, 0) is 6.54 Å². The molecule has 0 radical (unpaired) electrons. The van der Waals surface area contributed by atoms with Gasteiger partial charge < -0.3 is 10.2 Å². The van der Waals surface area contributed by atoms with Crippen LogP contribution in [0, 0.1) is 6.92 Å². The normalized spacial score (nSPS) is 11.0. The predicted molar refractivity (Wildman–Crippen MR) is 69.9 cm³/mol. The smallest absolute Gasteiger partial charge is 0.246 e. The number of benzene rings is 1. The lowest BCUT2D eigenvalue weighted by molar-refractivity contribution is 0.616. The molecule has 90 valence electrons. The van der Waals surface area contributed by atoms with Gasteiger partial charge in [-0.15, -0.1) is 0 Å². The molecule has 0 aliphatic carbocycles. The minimum atomic E-state index is 0.486. The predicted octanol–water partition coefficient (Wildman–Crippen LogP) is 2.66. The second-order valence-electron chi connectivity index (χ2n) is 4.25. The number of rotatable bonds is 2. The Morgan fingerprint density at radius 2 is 2.11 bits per heavy atom. The molecular weight excluding hydrogens is 226 g/mol. The molecule has 2 heterocycles. The first-order valence-electron chi connectivity index (χ1n) is 5.79. The molecule has 3 aromatic rings. The Balaban J connectivity index is 2.07. The Bertz CT molecular complexity index is 686. The third-order valence-electron chi connectivity index (χ3n) is 2.82. The molecule has 0 aliphatic heterocycles. The summed E-state index contributed by atoms with van der Waals surface area (Å²) in [5.74, 6) is 0.541. The van der Waals surface area contributed by atoms with Gasteiger partial charge in [0.1, 0.15) is 11.2 Å². The number of oxazole rings is 1. The van der Waals surface area contributed by atoms with Crippen LogP contribution in [0.4, 0.5) is 0 Å². The van der Waals surface area contributed by atoms with Gasteiger partial charge in [0.25, 0.3) is 0 Å². The van der Waals surface area contributed by atoms with Gasteiger partial charge >= 0.3 is 0 Å². The van der Waals surface area contributed by atoms with E-state index in [0.717, 1.165) is 27.9 Å². The van der Waals surface area contributed by atoms with E-state index in [2.05, 4.69) is 9.97 Å². The second-order valence-corrected chi connectivity index (χ2v) is 4.25. The SMILES string of the molecule is Cc1ccc2oc(-c3ccc(CN)cn3)nc2c1. The summed E-state index contributed by atoms with van der Waals surface area (Å²) in [6, 6.07) is 9.73. The van der Waals surface area contributed by atoms with Crippen LogP contribution >= 0.6 is 0 Å². The van der Waals surface area contributed by atoms with E-state index in [4.69, 9.17) is 10.2 Å². The van der Waals surface area contributed by atoms with Gasteiger partial charge in [-0.3, -0.25) is 4.98 Å². The zero-order valence-electron chi connectivity index (χ0n) is 10.1. The minimum absolute atomic E-state index is 0.486. The molecule has 0 fully saturated rings. The highest BCUT2D eigenvalue weighted by molar-refractivity contribution is 5.76. The fourth-order valence-electron chi connectivity index (χ4n) is 1.82.